The average molecular weight is 258 g/mol. The normalized spacial score (nSPS) is 16.7. The van der Waals surface area contributed by atoms with Crippen LogP contribution in [-0.4, -0.2) is 54.6 Å². The first-order chi connectivity index (χ1) is 9.16. The zero-order valence-corrected chi connectivity index (χ0v) is 11.5. The quantitative estimate of drug-likeness (QED) is 0.356. The van der Waals surface area contributed by atoms with Gasteiger partial charge in [-0.25, -0.2) is 0 Å². The maximum absolute atomic E-state index is 12.2. The Hall–Kier alpha value is -1.97. The maximum Gasteiger partial charge on any atom is 0.283 e. The van der Waals surface area contributed by atoms with E-state index in [9.17, 15) is 4.79 Å². The van der Waals surface area contributed by atoms with Crippen molar-refractivity contribution < 1.29 is 9.37 Å². The second kappa shape index (κ2) is 6.27. The summed E-state index contributed by atoms with van der Waals surface area (Å²) in [4.78, 5) is 18.7. The van der Waals surface area contributed by atoms with E-state index in [1.54, 1.807) is 6.34 Å². The van der Waals surface area contributed by atoms with Crippen molar-refractivity contribution in [1.29, 1.82) is 0 Å². The molecule has 0 amide bonds. The number of hydrogen-bond acceptors (Lipinski definition) is 1. The van der Waals surface area contributed by atoms with Gasteiger partial charge in [0.1, 0.15) is 0 Å². The summed E-state index contributed by atoms with van der Waals surface area (Å²) in [6.45, 7) is 1.34. The molecule has 0 aromatic heterocycles. The zero-order chi connectivity index (χ0) is 13.7. The van der Waals surface area contributed by atoms with Crippen molar-refractivity contribution in [2.24, 2.45) is 4.99 Å². The van der Waals surface area contributed by atoms with Crippen LogP contribution in [0.4, 0.5) is 0 Å². The molecule has 0 radical (unpaired) electrons. The second-order valence-electron chi connectivity index (χ2n) is 4.94. The lowest BCUT2D eigenvalue weighted by Gasteiger charge is -2.14. The Morgan fingerprint density at radius 3 is 2.79 bits per heavy atom. The lowest BCUT2D eigenvalue weighted by atomic mass is 10.1. The summed E-state index contributed by atoms with van der Waals surface area (Å²) in [6, 6.07) is 9.44. The fraction of sp³-hybridized carbons (Fsp3) is 0.400. The predicted molar refractivity (Wildman–Crippen MR) is 77.2 cm³/mol. The Balaban J connectivity index is 2.04. The van der Waals surface area contributed by atoms with Crippen molar-refractivity contribution >= 4 is 18.0 Å². The molecule has 0 atom stereocenters. The first-order valence-corrected chi connectivity index (χ1v) is 6.56. The molecule has 4 heteroatoms. The number of hydrogen-bond donors (Lipinski definition) is 0. The van der Waals surface area contributed by atoms with Gasteiger partial charge >= 0.3 is 0 Å². The van der Waals surface area contributed by atoms with Crippen LogP contribution in [0.5, 0.6) is 0 Å². The molecule has 4 nitrogen and oxygen atoms in total. The molecule has 19 heavy (non-hydrogen) atoms. The summed E-state index contributed by atoms with van der Waals surface area (Å²) in [5.74, 6) is 1.16. The van der Waals surface area contributed by atoms with Crippen molar-refractivity contribution in [3.8, 4) is 0 Å². The topological polar surface area (TPSA) is 35.7 Å². The molecule has 1 saturated heterocycles. The van der Waals surface area contributed by atoms with Gasteiger partial charge in [-0.3, -0.25) is 9.37 Å². The van der Waals surface area contributed by atoms with Crippen LogP contribution >= 0.6 is 0 Å². The van der Waals surface area contributed by atoms with Crippen molar-refractivity contribution in [3.63, 3.8) is 0 Å². The summed E-state index contributed by atoms with van der Waals surface area (Å²) in [5.41, 5.74) is 0.769. The Morgan fingerprint density at radius 1 is 1.37 bits per heavy atom. The first kappa shape index (κ1) is 13.5. The second-order valence-corrected chi connectivity index (χ2v) is 4.94. The number of likely N-dealkylation sites (tertiary alicyclic amines) is 1. The summed E-state index contributed by atoms with van der Waals surface area (Å²) < 4.78 is 1.91. The van der Waals surface area contributed by atoms with E-state index in [2.05, 4.69) is 9.89 Å². The summed E-state index contributed by atoms with van der Waals surface area (Å²) in [6.07, 6.45) is 3.81. The fourth-order valence-electron chi connectivity index (χ4n) is 2.10. The lowest BCUT2D eigenvalue weighted by Crippen LogP contribution is -2.31. The minimum absolute atomic E-state index is 0.153. The van der Waals surface area contributed by atoms with Gasteiger partial charge in [0.25, 0.3) is 6.34 Å². The smallest absolute Gasteiger partial charge is 0.283 e. The molecule has 1 aliphatic rings. The molecule has 1 aromatic rings. The number of benzene rings is 1. The van der Waals surface area contributed by atoms with Crippen LogP contribution in [0, 0.1) is 0 Å². The van der Waals surface area contributed by atoms with Crippen molar-refractivity contribution in [3.05, 3.63) is 35.9 Å². The zero-order valence-electron chi connectivity index (χ0n) is 11.5. The van der Waals surface area contributed by atoms with E-state index in [0.717, 1.165) is 30.8 Å². The van der Waals surface area contributed by atoms with Gasteiger partial charge in [-0.1, -0.05) is 30.3 Å². The number of amidine groups is 1. The van der Waals surface area contributed by atoms with Crippen LogP contribution in [-0.2, 0) is 0 Å². The van der Waals surface area contributed by atoms with Gasteiger partial charge in [-0.05, 0) is 11.4 Å². The summed E-state index contributed by atoms with van der Waals surface area (Å²) in [7, 11) is 3.89. The number of carbonyl (C=O) groups excluding carboxylic acids is 1. The minimum Gasteiger partial charge on any atom is -0.332 e. The maximum atomic E-state index is 12.2. The van der Waals surface area contributed by atoms with Gasteiger partial charge in [0.2, 0.25) is 5.84 Å². The van der Waals surface area contributed by atoms with E-state index in [1.165, 1.54) is 0 Å². The van der Waals surface area contributed by atoms with Gasteiger partial charge in [-0.15, -0.1) is 0 Å². The Kier molecular flexibility index (Phi) is 4.44. The molecule has 0 bridgehead atoms. The number of nitrogens with zero attached hydrogens (tertiary/aromatic N) is 3. The van der Waals surface area contributed by atoms with Crippen LogP contribution in [0.15, 0.2) is 35.3 Å². The first-order valence-electron chi connectivity index (χ1n) is 6.56. The van der Waals surface area contributed by atoms with E-state index >= 15 is 0 Å². The fourth-order valence-corrected chi connectivity index (χ4v) is 2.10. The molecule has 0 aliphatic carbocycles. The van der Waals surface area contributed by atoms with Crippen LogP contribution in [0.3, 0.4) is 0 Å². The van der Waals surface area contributed by atoms with Crippen LogP contribution in [0.1, 0.15) is 23.2 Å². The molecular formula is C15H20N3O+. The molecular weight excluding hydrogens is 238 g/mol. The van der Waals surface area contributed by atoms with Crippen molar-refractivity contribution in [2.45, 2.75) is 12.8 Å². The molecule has 0 N–H and O–H groups in total. The van der Waals surface area contributed by atoms with Crippen molar-refractivity contribution in [2.75, 3.05) is 27.2 Å². The van der Waals surface area contributed by atoms with Crippen LogP contribution in [0.2, 0.25) is 0 Å². The van der Waals surface area contributed by atoms with Crippen LogP contribution in [0.25, 0.3) is 0 Å². The monoisotopic (exact) mass is 258 g/mol. The third kappa shape index (κ3) is 3.74. The highest BCUT2D eigenvalue weighted by atomic mass is 16.1. The minimum atomic E-state index is 0.153. The Morgan fingerprint density at radius 2 is 2.11 bits per heavy atom. The third-order valence-electron chi connectivity index (χ3n) is 3.06. The van der Waals surface area contributed by atoms with Crippen LogP contribution < -0.4 is 0 Å². The van der Waals surface area contributed by atoms with Gasteiger partial charge in [0.05, 0.1) is 20.6 Å². The van der Waals surface area contributed by atoms with E-state index in [4.69, 9.17) is 0 Å². The summed E-state index contributed by atoms with van der Waals surface area (Å²) >= 11 is 0. The Labute approximate surface area is 114 Å². The average Bonchev–Trinajstić information content (AvgIpc) is 2.84. The van der Waals surface area contributed by atoms with E-state index in [1.807, 2.05) is 49.0 Å². The number of aliphatic imine (C=N–C) groups is 1. The molecule has 1 heterocycles. The van der Waals surface area contributed by atoms with Crippen molar-refractivity contribution in [1.82, 2.24) is 4.90 Å². The highest BCUT2D eigenvalue weighted by Gasteiger charge is 2.24. The van der Waals surface area contributed by atoms with Gasteiger partial charge < -0.3 is 4.90 Å². The SMILES string of the molecule is C[N+](C)=CN=C1CCCN1CC(=O)c1ccccc1. The number of ketones is 1. The van der Waals surface area contributed by atoms with E-state index in [0.29, 0.717) is 6.54 Å². The number of rotatable bonds is 4. The molecule has 0 saturated carbocycles. The highest BCUT2D eigenvalue weighted by molar-refractivity contribution is 6.00. The van der Waals surface area contributed by atoms with E-state index < -0.39 is 0 Å². The molecule has 0 unspecified atom stereocenters. The highest BCUT2D eigenvalue weighted by Crippen LogP contribution is 2.12. The van der Waals surface area contributed by atoms with Gasteiger partial charge in [0.15, 0.2) is 5.78 Å². The van der Waals surface area contributed by atoms with Gasteiger partial charge in [-0.2, -0.15) is 0 Å². The summed E-state index contributed by atoms with van der Waals surface area (Å²) in [5, 5.41) is 0. The molecule has 1 aromatic carbocycles. The van der Waals surface area contributed by atoms with Gasteiger partial charge in [0, 0.05) is 18.5 Å². The molecule has 1 aliphatic heterocycles. The standard InChI is InChI=1S/C15H20N3O/c1-17(2)12-16-15-9-6-10-18(15)11-14(19)13-7-4-3-5-8-13/h3-5,7-8,12H,6,9-11H2,1-2H3/q+1. The molecule has 1 fully saturated rings. The molecule has 100 valence electrons. The largest absolute Gasteiger partial charge is 0.332 e. The van der Waals surface area contributed by atoms with E-state index in [-0.39, 0.29) is 5.78 Å². The molecule has 2 rings (SSSR count). The number of carbonyl (C=O) groups is 1. The number of Topliss-reactive ketones (excluding diaryl/α,β-unsaturated/α-hetero) is 1. The molecule has 0 spiro atoms. The lowest BCUT2D eigenvalue weighted by molar-refractivity contribution is -0.460. The predicted octanol–water partition coefficient (Wildman–Crippen LogP) is 1.66. The third-order valence-corrected chi connectivity index (χ3v) is 3.06. The Bertz CT molecular complexity index is 501.